The van der Waals surface area contributed by atoms with Crippen LogP contribution in [0.5, 0.6) is 11.5 Å². The summed E-state index contributed by atoms with van der Waals surface area (Å²) < 4.78 is 11.0. The highest BCUT2D eigenvalue weighted by Crippen LogP contribution is 2.42. The lowest BCUT2D eigenvalue weighted by Crippen LogP contribution is -1.88. The van der Waals surface area contributed by atoms with Gasteiger partial charge in [-0.2, -0.15) is 0 Å². The zero-order valence-corrected chi connectivity index (χ0v) is 20.6. The standard InChI is InChI=1S/C26H22ClN5O4/c1-4-16-9-11-21(19-8-6-5-7-18(16)19)28-30-23-14-26(36-3)24(15-25(23)35-2)31-29-22-12-10-17(32(33)34)13-20(22)27/h5-15H,4H2,1-3H3. The smallest absolute Gasteiger partial charge is 0.271 e. The number of halogens is 1. The summed E-state index contributed by atoms with van der Waals surface area (Å²) in [7, 11) is 3.01. The van der Waals surface area contributed by atoms with Crippen LogP contribution < -0.4 is 9.47 Å². The van der Waals surface area contributed by atoms with Crippen molar-refractivity contribution >= 4 is 50.8 Å². The van der Waals surface area contributed by atoms with Gasteiger partial charge in [-0.25, -0.2) is 0 Å². The first-order valence-corrected chi connectivity index (χ1v) is 11.4. The van der Waals surface area contributed by atoms with Gasteiger partial charge in [-0.3, -0.25) is 10.1 Å². The molecule has 36 heavy (non-hydrogen) atoms. The third-order valence-electron chi connectivity index (χ3n) is 5.53. The van der Waals surface area contributed by atoms with E-state index in [9.17, 15) is 10.1 Å². The highest BCUT2D eigenvalue weighted by Gasteiger charge is 2.13. The number of non-ortho nitro benzene ring substituents is 1. The molecule has 0 saturated heterocycles. The number of methoxy groups -OCH3 is 2. The third kappa shape index (κ3) is 5.16. The van der Waals surface area contributed by atoms with Gasteiger partial charge in [0, 0.05) is 29.7 Å². The van der Waals surface area contributed by atoms with Crippen molar-refractivity contribution in [2.75, 3.05) is 14.2 Å². The molecule has 10 heteroatoms. The highest BCUT2D eigenvalue weighted by atomic mass is 35.5. The van der Waals surface area contributed by atoms with Crippen molar-refractivity contribution in [2.45, 2.75) is 13.3 Å². The molecule has 4 aromatic rings. The molecule has 0 saturated carbocycles. The number of hydrogen-bond donors (Lipinski definition) is 0. The second-order valence-corrected chi connectivity index (χ2v) is 8.04. The molecule has 182 valence electrons. The Hall–Kier alpha value is -4.37. The predicted molar refractivity (Wildman–Crippen MR) is 139 cm³/mol. The number of nitrogens with zero attached hydrogens (tertiary/aromatic N) is 5. The molecule has 0 atom stereocenters. The lowest BCUT2D eigenvalue weighted by atomic mass is 10.0. The molecule has 0 N–H and O–H groups in total. The molecule has 9 nitrogen and oxygen atoms in total. The van der Waals surface area contributed by atoms with Crippen LogP contribution in [0.4, 0.5) is 28.4 Å². The van der Waals surface area contributed by atoms with Gasteiger partial charge in [-0.1, -0.05) is 48.9 Å². The van der Waals surface area contributed by atoms with Gasteiger partial charge >= 0.3 is 0 Å². The summed E-state index contributed by atoms with van der Waals surface area (Å²) in [6.07, 6.45) is 0.921. The maximum atomic E-state index is 10.9. The molecule has 0 bridgehead atoms. The van der Waals surface area contributed by atoms with Crippen molar-refractivity contribution in [2.24, 2.45) is 20.5 Å². The molecule has 0 unspecified atom stereocenters. The number of fused-ring (bicyclic) bond motifs is 1. The predicted octanol–water partition coefficient (Wildman–Crippen LogP) is 8.81. The molecule has 0 fully saturated rings. The average molecular weight is 504 g/mol. The van der Waals surface area contributed by atoms with Gasteiger partial charge in [-0.15, -0.1) is 20.5 Å². The number of nitro groups is 1. The number of benzene rings is 4. The summed E-state index contributed by atoms with van der Waals surface area (Å²) >= 11 is 6.12. The molecular weight excluding hydrogens is 482 g/mol. The van der Waals surface area contributed by atoms with Crippen LogP contribution in [0.15, 0.2) is 87.2 Å². The van der Waals surface area contributed by atoms with Gasteiger partial charge in [0.05, 0.1) is 29.9 Å². The molecule has 0 aliphatic rings. The van der Waals surface area contributed by atoms with Gasteiger partial charge in [0.15, 0.2) is 0 Å². The summed E-state index contributed by atoms with van der Waals surface area (Å²) in [5.74, 6) is 0.801. The summed E-state index contributed by atoms with van der Waals surface area (Å²) in [5, 5.41) is 30.4. The highest BCUT2D eigenvalue weighted by molar-refractivity contribution is 6.33. The van der Waals surface area contributed by atoms with E-state index >= 15 is 0 Å². The minimum atomic E-state index is -0.533. The molecular formula is C26H22ClN5O4. The minimum Gasteiger partial charge on any atom is -0.494 e. The maximum absolute atomic E-state index is 10.9. The quantitative estimate of drug-likeness (QED) is 0.136. The normalized spacial score (nSPS) is 11.4. The SMILES string of the molecule is CCc1ccc(N=Nc2cc(OC)c(N=Nc3ccc([N+](=O)[O-])cc3Cl)cc2OC)c2ccccc12. The van der Waals surface area contributed by atoms with Crippen LogP contribution >= 0.6 is 11.6 Å². The first-order chi connectivity index (χ1) is 17.4. The van der Waals surface area contributed by atoms with Crippen LogP contribution in [0.2, 0.25) is 5.02 Å². The lowest BCUT2D eigenvalue weighted by molar-refractivity contribution is -0.384. The lowest BCUT2D eigenvalue weighted by Gasteiger charge is -2.10. The number of hydrogen-bond acceptors (Lipinski definition) is 8. The van der Waals surface area contributed by atoms with Crippen molar-refractivity contribution in [1.82, 2.24) is 0 Å². The van der Waals surface area contributed by atoms with E-state index < -0.39 is 4.92 Å². The van der Waals surface area contributed by atoms with Crippen LogP contribution in [0.1, 0.15) is 12.5 Å². The zero-order chi connectivity index (χ0) is 25.7. The van der Waals surface area contributed by atoms with Gasteiger partial charge in [0.25, 0.3) is 5.69 Å². The third-order valence-corrected chi connectivity index (χ3v) is 5.83. The molecule has 0 aliphatic carbocycles. The Bertz CT molecular complexity index is 1500. The van der Waals surface area contributed by atoms with Crippen LogP contribution in [0, 0.1) is 10.1 Å². The second-order valence-electron chi connectivity index (χ2n) is 7.63. The molecule has 0 aliphatic heterocycles. The van der Waals surface area contributed by atoms with E-state index in [1.54, 1.807) is 12.1 Å². The van der Waals surface area contributed by atoms with Crippen LogP contribution in [0.3, 0.4) is 0 Å². The van der Waals surface area contributed by atoms with Gasteiger partial charge < -0.3 is 9.47 Å². The molecule has 0 spiro atoms. The Morgan fingerprint density at radius 1 is 0.778 bits per heavy atom. The van der Waals surface area contributed by atoms with Crippen molar-refractivity contribution in [3.63, 3.8) is 0 Å². The Kier molecular flexibility index (Phi) is 7.50. The van der Waals surface area contributed by atoms with Crippen LogP contribution in [-0.4, -0.2) is 19.1 Å². The number of azo groups is 2. The fourth-order valence-corrected chi connectivity index (χ4v) is 3.88. The summed E-state index contributed by atoms with van der Waals surface area (Å²) in [5.41, 5.74) is 2.93. The minimum absolute atomic E-state index is 0.102. The second kappa shape index (κ2) is 10.9. The van der Waals surface area contributed by atoms with E-state index in [2.05, 4.69) is 39.5 Å². The maximum Gasteiger partial charge on any atom is 0.271 e. The first-order valence-electron chi connectivity index (χ1n) is 11.0. The summed E-state index contributed by atoms with van der Waals surface area (Å²) in [6, 6.07) is 19.3. The molecule has 4 aromatic carbocycles. The zero-order valence-electron chi connectivity index (χ0n) is 19.8. The fourth-order valence-electron chi connectivity index (χ4n) is 3.67. The monoisotopic (exact) mass is 503 g/mol. The Balaban J connectivity index is 1.69. The van der Waals surface area contributed by atoms with Crippen molar-refractivity contribution in [1.29, 1.82) is 0 Å². The van der Waals surface area contributed by atoms with E-state index in [1.165, 1.54) is 38.0 Å². The first kappa shape index (κ1) is 24.7. The summed E-state index contributed by atoms with van der Waals surface area (Å²) in [6.45, 7) is 2.12. The molecule has 0 heterocycles. The molecule has 4 rings (SSSR count). The largest absolute Gasteiger partial charge is 0.494 e. The molecule has 0 amide bonds. The number of aryl methyl sites for hydroxylation is 1. The Morgan fingerprint density at radius 2 is 1.33 bits per heavy atom. The Labute approximate surface area is 212 Å². The van der Waals surface area contributed by atoms with E-state index in [4.69, 9.17) is 21.1 Å². The number of nitro benzene ring substituents is 1. The van der Waals surface area contributed by atoms with E-state index in [0.29, 0.717) is 22.9 Å². The van der Waals surface area contributed by atoms with Crippen molar-refractivity contribution < 1.29 is 14.4 Å². The number of rotatable bonds is 8. The number of ether oxygens (including phenoxy) is 2. The van der Waals surface area contributed by atoms with E-state index in [0.717, 1.165) is 22.9 Å². The van der Waals surface area contributed by atoms with Crippen molar-refractivity contribution in [3.05, 3.63) is 87.4 Å². The average Bonchev–Trinajstić information content (AvgIpc) is 2.90. The topological polar surface area (TPSA) is 111 Å². The molecule has 0 aromatic heterocycles. The van der Waals surface area contributed by atoms with E-state index in [1.807, 2.05) is 24.3 Å². The van der Waals surface area contributed by atoms with Gasteiger partial charge in [0.2, 0.25) is 0 Å². The van der Waals surface area contributed by atoms with Gasteiger partial charge in [-0.05, 0) is 29.5 Å². The molecule has 0 radical (unpaired) electrons. The fraction of sp³-hybridized carbons (Fsp3) is 0.154. The summed E-state index contributed by atoms with van der Waals surface area (Å²) in [4.78, 5) is 10.4. The van der Waals surface area contributed by atoms with Gasteiger partial charge in [0.1, 0.15) is 28.6 Å². The van der Waals surface area contributed by atoms with Crippen LogP contribution in [-0.2, 0) is 6.42 Å². The van der Waals surface area contributed by atoms with Crippen molar-refractivity contribution in [3.8, 4) is 11.5 Å². The van der Waals surface area contributed by atoms with Crippen LogP contribution in [0.25, 0.3) is 10.8 Å². The Morgan fingerprint density at radius 3 is 1.89 bits per heavy atom. The van der Waals surface area contributed by atoms with E-state index in [-0.39, 0.29) is 16.4 Å².